The van der Waals surface area contributed by atoms with Gasteiger partial charge < -0.3 is 15.0 Å². The molecule has 8 nitrogen and oxygen atoms in total. The van der Waals surface area contributed by atoms with Crippen LogP contribution >= 0.6 is 0 Å². The fourth-order valence-corrected chi connectivity index (χ4v) is 4.15. The third-order valence-electron chi connectivity index (χ3n) is 4.59. The quantitative estimate of drug-likeness (QED) is 0.650. The average molecular weight is 406 g/mol. The van der Waals surface area contributed by atoms with E-state index in [9.17, 15) is 8.42 Å². The molecule has 2 N–H and O–H groups in total. The molecule has 28 heavy (non-hydrogen) atoms. The van der Waals surface area contributed by atoms with Crippen molar-refractivity contribution in [2.75, 3.05) is 43.5 Å². The van der Waals surface area contributed by atoms with Crippen LogP contribution in [0.4, 0.5) is 11.8 Å². The van der Waals surface area contributed by atoms with E-state index in [2.05, 4.69) is 24.9 Å². The molecule has 1 fully saturated rings. The van der Waals surface area contributed by atoms with Crippen molar-refractivity contribution in [2.24, 2.45) is 0 Å². The van der Waals surface area contributed by atoms with Gasteiger partial charge >= 0.3 is 0 Å². The number of methoxy groups -OCH3 is 1. The first kappa shape index (κ1) is 20.3. The molecule has 2 aromatic rings. The minimum absolute atomic E-state index is 0.201. The summed E-state index contributed by atoms with van der Waals surface area (Å²) >= 11 is 0. The molecule has 1 aliphatic heterocycles. The van der Waals surface area contributed by atoms with Crippen molar-refractivity contribution < 1.29 is 13.2 Å². The minimum atomic E-state index is -3.57. The smallest absolute Gasteiger partial charge is 0.240 e. The Bertz CT molecular complexity index is 881. The van der Waals surface area contributed by atoms with Crippen LogP contribution < -0.4 is 19.7 Å². The van der Waals surface area contributed by atoms with E-state index < -0.39 is 10.0 Å². The highest BCUT2D eigenvalue weighted by Crippen LogP contribution is 2.19. The van der Waals surface area contributed by atoms with Crippen molar-refractivity contribution >= 4 is 21.8 Å². The second-order valence-corrected chi connectivity index (χ2v) is 8.51. The highest BCUT2D eigenvalue weighted by atomic mass is 32.2. The maximum Gasteiger partial charge on any atom is 0.240 e. The Morgan fingerprint density at radius 2 is 1.79 bits per heavy atom. The lowest BCUT2D eigenvalue weighted by molar-refractivity contribution is 0.414. The number of anilines is 2. The molecule has 3 rings (SSSR count). The first-order chi connectivity index (χ1) is 13.5. The van der Waals surface area contributed by atoms with E-state index in [1.54, 1.807) is 12.1 Å². The number of sulfonamides is 1. The summed E-state index contributed by atoms with van der Waals surface area (Å²) in [6.07, 6.45) is 3.62. The molecule has 152 valence electrons. The van der Waals surface area contributed by atoms with Crippen LogP contribution in [0.1, 0.15) is 25.0 Å². The van der Waals surface area contributed by atoms with Crippen molar-refractivity contribution in [2.45, 2.75) is 31.1 Å². The van der Waals surface area contributed by atoms with Crippen LogP contribution in [0.3, 0.4) is 0 Å². The zero-order chi connectivity index (χ0) is 20.0. The summed E-state index contributed by atoms with van der Waals surface area (Å²) in [5, 5.41) is 3.11. The molecule has 1 saturated heterocycles. The number of aryl methyl sites for hydroxylation is 1. The number of piperidine rings is 1. The third kappa shape index (κ3) is 5.32. The van der Waals surface area contributed by atoms with Crippen LogP contribution in [0.2, 0.25) is 0 Å². The van der Waals surface area contributed by atoms with E-state index in [0.717, 1.165) is 24.6 Å². The lowest BCUT2D eigenvalue weighted by atomic mass is 10.1. The fraction of sp³-hybridized carbons (Fsp3) is 0.474. The SMILES string of the molecule is COc1ccc(S(=O)(=O)NCCNc2nc(C)cc(N3CCCCC3)n2)cc1. The van der Waals surface area contributed by atoms with E-state index in [-0.39, 0.29) is 11.4 Å². The molecule has 0 bridgehead atoms. The predicted molar refractivity (Wildman–Crippen MR) is 110 cm³/mol. The number of nitrogens with zero attached hydrogens (tertiary/aromatic N) is 3. The van der Waals surface area contributed by atoms with Crippen LogP contribution in [0.15, 0.2) is 35.2 Å². The van der Waals surface area contributed by atoms with Crippen molar-refractivity contribution in [3.05, 3.63) is 36.0 Å². The number of ether oxygens (including phenoxy) is 1. The van der Waals surface area contributed by atoms with E-state index >= 15 is 0 Å². The molecule has 1 aromatic carbocycles. The van der Waals surface area contributed by atoms with Crippen LogP contribution in [0.5, 0.6) is 5.75 Å². The maximum atomic E-state index is 12.3. The molecule has 2 heterocycles. The van der Waals surface area contributed by atoms with E-state index in [4.69, 9.17) is 4.74 Å². The third-order valence-corrected chi connectivity index (χ3v) is 6.07. The van der Waals surface area contributed by atoms with E-state index in [1.165, 1.54) is 38.5 Å². The molecular formula is C19H27N5O3S. The van der Waals surface area contributed by atoms with Crippen LogP contribution in [-0.4, -0.2) is 51.7 Å². The zero-order valence-corrected chi connectivity index (χ0v) is 17.1. The van der Waals surface area contributed by atoms with Gasteiger partial charge in [-0.15, -0.1) is 0 Å². The number of hydrogen-bond acceptors (Lipinski definition) is 7. The van der Waals surface area contributed by atoms with Gasteiger partial charge in [0.2, 0.25) is 16.0 Å². The Kier molecular flexibility index (Phi) is 6.69. The molecule has 0 unspecified atom stereocenters. The highest BCUT2D eigenvalue weighted by molar-refractivity contribution is 7.89. The first-order valence-electron chi connectivity index (χ1n) is 9.46. The normalized spacial score (nSPS) is 14.7. The molecule has 1 aliphatic rings. The summed E-state index contributed by atoms with van der Waals surface area (Å²) in [4.78, 5) is 11.5. The molecule has 0 atom stereocenters. The number of nitrogens with one attached hydrogen (secondary N) is 2. The van der Waals surface area contributed by atoms with Gasteiger partial charge in [0.25, 0.3) is 0 Å². The molecule has 0 spiro atoms. The van der Waals surface area contributed by atoms with Gasteiger partial charge in [0, 0.05) is 37.9 Å². The van der Waals surface area contributed by atoms with Crippen molar-refractivity contribution in [3.8, 4) is 5.75 Å². The fourth-order valence-electron chi connectivity index (χ4n) is 3.11. The summed E-state index contributed by atoms with van der Waals surface area (Å²) in [6.45, 7) is 4.57. The topological polar surface area (TPSA) is 96.5 Å². The van der Waals surface area contributed by atoms with Crippen LogP contribution in [0, 0.1) is 6.92 Å². The number of aromatic nitrogens is 2. The zero-order valence-electron chi connectivity index (χ0n) is 16.3. The standard InChI is InChI=1S/C19H27N5O3S/c1-15-14-18(24-12-4-3-5-13-24)23-19(22-15)20-10-11-21-28(25,26)17-8-6-16(27-2)7-9-17/h6-9,14,21H,3-5,10-13H2,1-2H3,(H,20,22,23). The van der Waals surface area contributed by atoms with Crippen LogP contribution in [0.25, 0.3) is 0 Å². The average Bonchev–Trinajstić information content (AvgIpc) is 2.71. The molecule has 0 amide bonds. The van der Waals surface area contributed by atoms with Crippen molar-refractivity contribution in [1.29, 1.82) is 0 Å². The van der Waals surface area contributed by atoms with Gasteiger partial charge in [0.1, 0.15) is 11.6 Å². The Morgan fingerprint density at radius 3 is 2.46 bits per heavy atom. The first-order valence-corrected chi connectivity index (χ1v) is 10.9. The Labute approximate surface area is 166 Å². The molecule has 0 saturated carbocycles. The Hall–Kier alpha value is -2.39. The largest absolute Gasteiger partial charge is 0.497 e. The maximum absolute atomic E-state index is 12.3. The van der Waals surface area contributed by atoms with Gasteiger partial charge in [-0.3, -0.25) is 0 Å². The summed E-state index contributed by atoms with van der Waals surface area (Å²) in [6, 6.07) is 8.26. The molecule has 0 radical (unpaired) electrons. The Morgan fingerprint density at radius 1 is 1.07 bits per heavy atom. The highest BCUT2D eigenvalue weighted by Gasteiger charge is 2.15. The van der Waals surface area contributed by atoms with Gasteiger partial charge in [0.05, 0.1) is 12.0 Å². The summed E-state index contributed by atoms with van der Waals surface area (Å²) in [5.74, 6) is 2.06. The van der Waals surface area contributed by atoms with Crippen molar-refractivity contribution in [1.82, 2.24) is 14.7 Å². The number of benzene rings is 1. The second-order valence-electron chi connectivity index (χ2n) is 6.74. The molecule has 0 aliphatic carbocycles. The van der Waals surface area contributed by atoms with E-state index in [0.29, 0.717) is 18.2 Å². The van der Waals surface area contributed by atoms with Gasteiger partial charge in [-0.25, -0.2) is 18.1 Å². The minimum Gasteiger partial charge on any atom is -0.497 e. The monoisotopic (exact) mass is 405 g/mol. The lowest BCUT2D eigenvalue weighted by Gasteiger charge is -2.28. The second kappa shape index (κ2) is 9.20. The van der Waals surface area contributed by atoms with Gasteiger partial charge in [-0.2, -0.15) is 4.98 Å². The number of rotatable bonds is 8. The van der Waals surface area contributed by atoms with E-state index in [1.807, 2.05) is 13.0 Å². The summed E-state index contributed by atoms with van der Waals surface area (Å²) in [7, 11) is -2.03. The summed E-state index contributed by atoms with van der Waals surface area (Å²) < 4.78 is 32.3. The van der Waals surface area contributed by atoms with Gasteiger partial charge in [-0.1, -0.05) is 0 Å². The molecular weight excluding hydrogens is 378 g/mol. The van der Waals surface area contributed by atoms with Gasteiger partial charge in [0.15, 0.2) is 0 Å². The number of hydrogen-bond donors (Lipinski definition) is 2. The predicted octanol–water partition coefficient (Wildman–Crippen LogP) is 2.17. The Balaban J connectivity index is 1.55. The van der Waals surface area contributed by atoms with Crippen LogP contribution in [-0.2, 0) is 10.0 Å². The molecule has 1 aromatic heterocycles. The molecule has 9 heteroatoms. The lowest BCUT2D eigenvalue weighted by Crippen LogP contribution is -2.31. The van der Waals surface area contributed by atoms with Crippen molar-refractivity contribution in [3.63, 3.8) is 0 Å². The van der Waals surface area contributed by atoms with Gasteiger partial charge in [-0.05, 0) is 50.5 Å². The summed E-state index contributed by atoms with van der Waals surface area (Å²) in [5.41, 5.74) is 0.886.